The van der Waals surface area contributed by atoms with Crippen molar-refractivity contribution in [3.63, 3.8) is 0 Å². The average Bonchev–Trinajstić information content (AvgIpc) is 2.59. The molecule has 0 spiro atoms. The van der Waals surface area contributed by atoms with Crippen molar-refractivity contribution in [2.45, 2.75) is 25.8 Å². The second-order valence-electron chi connectivity index (χ2n) is 4.18. The van der Waals surface area contributed by atoms with E-state index in [4.69, 9.17) is 5.11 Å². The van der Waals surface area contributed by atoms with Gasteiger partial charge in [0.15, 0.2) is 0 Å². The van der Waals surface area contributed by atoms with Crippen molar-refractivity contribution >= 4 is 11.7 Å². The highest BCUT2D eigenvalue weighted by atomic mass is 16.4. The Labute approximate surface area is 89.1 Å². The molecule has 3 heteroatoms. The zero-order valence-corrected chi connectivity index (χ0v) is 8.73. The number of hydrogen-bond acceptors (Lipinski definition) is 2. The zero-order valence-electron chi connectivity index (χ0n) is 8.73. The van der Waals surface area contributed by atoms with Crippen LogP contribution in [-0.2, 0) is 11.2 Å². The first kappa shape index (κ1) is 10.0. The van der Waals surface area contributed by atoms with Gasteiger partial charge in [0.2, 0.25) is 0 Å². The minimum absolute atomic E-state index is 0.272. The van der Waals surface area contributed by atoms with Crippen LogP contribution in [0.15, 0.2) is 24.3 Å². The van der Waals surface area contributed by atoms with Crippen LogP contribution in [0.4, 0.5) is 5.69 Å². The van der Waals surface area contributed by atoms with Gasteiger partial charge in [-0.15, -0.1) is 0 Å². The van der Waals surface area contributed by atoms with Crippen LogP contribution in [-0.4, -0.2) is 17.1 Å². The maximum atomic E-state index is 10.7. The summed E-state index contributed by atoms with van der Waals surface area (Å²) in [6.45, 7) is 1.76. The van der Waals surface area contributed by atoms with E-state index in [1.54, 1.807) is 6.92 Å². The van der Waals surface area contributed by atoms with Gasteiger partial charge in [-0.25, -0.2) is 0 Å². The number of benzene rings is 1. The number of nitrogens with one attached hydrogen (secondary N) is 1. The highest BCUT2D eigenvalue weighted by Gasteiger charge is 2.24. The van der Waals surface area contributed by atoms with E-state index in [0.29, 0.717) is 6.42 Å². The van der Waals surface area contributed by atoms with Crippen molar-refractivity contribution in [1.29, 1.82) is 0 Å². The van der Waals surface area contributed by atoms with Gasteiger partial charge >= 0.3 is 5.97 Å². The SMILES string of the molecule is CC(CC1Cc2ccccc2N1)C(=O)O. The van der Waals surface area contributed by atoms with Crippen LogP contribution in [0, 0.1) is 5.92 Å². The minimum atomic E-state index is -0.715. The first-order valence-electron chi connectivity index (χ1n) is 5.24. The summed E-state index contributed by atoms with van der Waals surface area (Å²) >= 11 is 0. The Morgan fingerprint density at radius 3 is 3.00 bits per heavy atom. The molecule has 0 bridgehead atoms. The molecule has 2 unspecified atom stereocenters. The fraction of sp³-hybridized carbons (Fsp3) is 0.417. The van der Waals surface area contributed by atoms with Crippen molar-refractivity contribution in [2.75, 3.05) is 5.32 Å². The average molecular weight is 205 g/mol. The lowest BCUT2D eigenvalue weighted by atomic mass is 9.99. The first-order chi connectivity index (χ1) is 7.16. The van der Waals surface area contributed by atoms with Gasteiger partial charge < -0.3 is 10.4 Å². The lowest BCUT2D eigenvalue weighted by molar-refractivity contribution is -0.141. The number of carboxylic acids is 1. The molecule has 2 rings (SSSR count). The summed E-state index contributed by atoms with van der Waals surface area (Å²) in [6.07, 6.45) is 1.62. The summed E-state index contributed by atoms with van der Waals surface area (Å²) in [5.74, 6) is -0.996. The van der Waals surface area contributed by atoms with E-state index < -0.39 is 5.97 Å². The van der Waals surface area contributed by atoms with E-state index in [-0.39, 0.29) is 12.0 Å². The van der Waals surface area contributed by atoms with Crippen LogP contribution in [0.3, 0.4) is 0 Å². The summed E-state index contributed by atoms with van der Waals surface area (Å²) in [4.78, 5) is 10.7. The van der Waals surface area contributed by atoms with Crippen LogP contribution in [0.2, 0.25) is 0 Å². The van der Waals surface area contributed by atoms with Gasteiger partial charge in [0, 0.05) is 11.7 Å². The Bertz CT molecular complexity index is 351. The lowest BCUT2D eigenvalue weighted by Crippen LogP contribution is -2.22. The van der Waals surface area contributed by atoms with E-state index in [1.807, 2.05) is 18.2 Å². The molecule has 2 atom stereocenters. The van der Waals surface area contributed by atoms with Crippen molar-refractivity contribution in [3.05, 3.63) is 29.8 Å². The normalized spacial score (nSPS) is 20.5. The molecule has 0 fully saturated rings. The Balaban J connectivity index is 1.99. The number of anilines is 1. The van der Waals surface area contributed by atoms with Crippen molar-refractivity contribution < 1.29 is 9.90 Å². The van der Waals surface area contributed by atoms with E-state index in [0.717, 1.165) is 12.1 Å². The van der Waals surface area contributed by atoms with Gasteiger partial charge in [-0.1, -0.05) is 25.1 Å². The summed E-state index contributed by atoms with van der Waals surface area (Å²) in [7, 11) is 0. The van der Waals surface area contributed by atoms with Crippen molar-refractivity contribution in [1.82, 2.24) is 0 Å². The smallest absolute Gasteiger partial charge is 0.306 e. The molecule has 0 radical (unpaired) electrons. The number of rotatable bonds is 3. The predicted molar refractivity (Wildman–Crippen MR) is 59.0 cm³/mol. The quantitative estimate of drug-likeness (QED) is 0.794. The standard InChI is InChI=1S/C12H15NO2/c1-8(12(14)15)6-10-7-9-4-2-3-5-11(9)13-10/h2-5,8,10,13H,6-7H2,1H3,(H,14,15). The van der Waals surface area contributed by atoms with Crippen molar-refractivity contribution in [3.8, 4) is 0 Å². The maximum absolute atomic E-state index is 10.7. The molecule has 0 amide bonds. The summed E-state index contributed by atoms with van der Waals surface area (Å²) < 4.78 is 0. The third-order valence-corrected chi connectivity index (χ3v) is 2.90. The van der Waals surface area contributed by atoms with Gasteiger partial charge in [-0.3, -0.25) is 4.79 Å². The molecule has 3 nitrogen and oxygen atoms in total. The largest absolute Gasteiger partial charge is 0.481 e. The summed E-state index contributed by atoms with van der Waals surface area (Å²) in [5, 5.41) is 12.2. The number of para-hydroxylation sites is 1. The number of carbonyl (C=O) groups is 1. The number of carboxylic acid groups (broad SMARTS) is 1. The van der Waals surface area contributed by atoms with Gasteiger partial charge in [-0.2, -0.15) is 0 Å². The number of hydrogen-bond donors (Lipinski definition) is 2. The Morgan fingerprint density at radius 2 is 2.33 bits per heavy atom. The third kappa shape index (κ3) is 2.12. The van der Waals surface area contributed by atoms with E-state index in [9.17, 15) is 4.79 Å². The zero-order chi connectivity index (χ0) is 10.8. The molecule has 1 aliphatic heterocycles. The lowest BCUT2D eigenvalue weighted by Gasteiger charge is -2.13. The fourth-order valence-corrected chi connectivity index (χ4v) is 2.05. The van der Waals surface area contributed by atoms with Gasteiger partial charge in [0.1, 0.15) is 0 Å². The highest BCUT2D eigenvalue weighted by molar-refractivity contribution is 5.69. The van der Waals surface area contributed by atoms with Crippen LogP contribution in [0.5, 0.6) is 0 Å². The Morgan fingerprint density at radius 1 is 1.60 bits per heavy atom. The number of aliphatic carboxylic acids is 1. The first-order valence-corrected chi connectivity index (χ1v) is 5.24. The third-order valence-electron chi connectivity index (χ3n) is 2.90. The second kappa shape index (κ2) is 3.93. The topological polar surface area (TPSA) is 49.3 Å². The molecular formula is C12H15NO2. The molecule has 1 heterocycles. The molecular weight excluding hydrogens is 190 g/mol. The van der Waals surface area contributed by atoms with E-state index in [2.05, 4.69) is 11.4 Å². The van der Waals surface area contributed by atoms with Gasteiger partial charge in [0.25, 0.3) is 0 Å². The van der Waals surface area contributed by atoms with Crippen LogP contribution < -0.4 is 5.32 Å². The number of fused-ring (bicyclic) bond motifs is 1. The maximum Gasteiger partial charge on any atom is 0.306 e. The van der Waals surface area contributed by atoms with Gasteiger partial charge in [0.05, 0.1) is 5.92 Å². The molecule has 15 heavy (non-hydrogen) atoms. The molecule has 0 saturated carbocycles. The van der Waals surface area contributed by atoms with E-state index >= 15 is 0 Å². The highest BCUT2D eigenvalue weighted by Crippen LogP contribution is 2.27. The van der Waals surface area contributed by atoms with Crippen molar-refractivity contribution in [2.24, 2.45) is 5.92 Å². The van der Waals surface area contributed by atoms with E-state index in [1.165, 1.54) is 5.56 Å². The molecule has 0 aliphatic carbocycles. The molecule has 2 N–H and O–H groups in total. The molecule has 1 aromatic rings. The predicted octanol–water partition coefficient (Wildman–Crippen LogP) is 2.13. The minimum Gasteiger partial charge on any atom is -0.481 e. The van der Waals surface area contributed by atoms with Crippen LogP contribution in [0.1, 0.15) is 18.9 Å². The summed E-state index contributed by atoms with van der Waals surface area (Å²) in [5.41, 5.74) is 2.44. The Kier molecular flexibility index (Phi) is 2.62. The fourth-order valence-electron chi connectivity index (χ4n) is 2.05. The molecule has 0 saturated heterocycles. The van der Waals surface area contributed by atoms with Crippen LogP contribution >= 0.6 is 0 Å². The Hall–Kier alpha value is -1.51. The molecule has 80 valence electrons. The van der Waals surface area contributed by atoms with Crippen LogP contribution in [0.25, 0.3) is 0 Å². The summed E-state index contributed by atoms with van der Waals surface area (Å²) in [6, 6.07) is 8.42. The monoisotopic (exact) mass is 205 g/mol. The van der Waals surface area contributed by atoms with Gasteiger partial charge in [-0.05, 0) is 24.5 Å². The molecule has 1 aliphatic rings. The second-order valence-corrected chi connectivity index (χ2v) is 4.18. The molecule has 1 aromatic carbocycles. The molecule has 0 aromatic heterocycles.